The lowest BCUT2D eigenvalue weighted by Gasteiger charge is -2.31. The van der Waals surface area contributed by atoms with Crippen molar-refractivity contribution >= 4 is 6.09 Å². The zero-order valence-corrected chi connectivity index (χ0v) is 14.4. The fraction of sp³-hybridized carbons (Fsp3) is 0.938. The van der Waals surface area contributed by atoms with Crippen molar-refractivity contribution in [1.29, 1.82) is 0 Å². The van der Waals surface area contributed by atoms with Crippen molar-refractivity contribution in [3.05, 3.63) is 0 Å². The summed E-state index contributed by atoms with van der Waals surface area (Å²) in [4.78, 5) is 14.1. The van der Waals surface area contributed by atoms with Crippen molar-refractivity contribution in [2.75, 3.05) is 26.7 Å². The molecule has 2 N–H and O–H groups in total. The zero-order valence-electron chi connectivity index (χ0n) is 14.4. The van der Waals surface area contributed by atoms with Crippen LogP contribution in [0.2, 0.25) is 0 Å². The van der Waals surface area contributed by atoms with Crippen LogP contribution in [0.4, 0.5) is 4.79 Å². The van der Waals surface area contributed by atoms with E-state index in [1.165, 1.54) is 6.42 Å². The van der Waals surface area contributed by atoms with Gasteiger partial charge in [-0.2, -0.15) is 0 Å². The van der Waals surface area contributed by atoms with Gasteiger partial charge in [-0.1, -0.05) is 6.92 Å². The van der Waals surface area contributed by atoms with Gasteiger partial charge in [0.25, 0.3) is 0 Å². The van der Waals surface area contributed by atoms with E-state index in [0.717, 1.165) is 38.9 Å². The maximum absolute atomic E-state index is 11.8. The summed E-state index contributed by atoms with van der Waals surface area (Å²) in [5.74, 6) is 0. The quantitative estimate of drug-likeness (QED) is 0.790. The van der Waals surface area contributed by atoms with Crippen molar-refractivity contribution < 1.29 is 9.53 Å². The number of nitrogens with zero attached hydrogens (tertiary/aromatic N) is 1. The summed E-state index contributed by atoms with van der Waals surface area (Å²) >= 11 is 0. The minimum Gasteiger partial charge on any atom is -0.444 e. The van der Waals surface area contributed by atoms with E-state index in [2.05, 4.69) is 29.5 Å². The molecule has 0 aromatic rings. The lowest BCUT2D eigenvalue weighted by Crippen LogP contribution is -2.46. The molecular formula is C16H33N3O2. The van der Waals surface area contributed by atoms with Gasteiger partial charge in [-0.25, -0.2) is 4.79 Å². The Morgan fingerprint density at radius 1 is 1.29 bits per heavy atom. The van der Waals surface area contributed by atoms with Crippen LogP contribution in [-0.4, -0.2) is 55.4 Å². The van der Waals surface area contributed by atoms with Gasteiger partial charge in [0, 0.05) is 25.2 Å². The number of hydrogen-bond donors (Lipinski definition) is 2. The number of alkyl carbamates (subject to hydrolysis) is 1. The van der Waals surface area contributed by atoms with E-state index in [0.29, 0.717) is 6.04 Å². The average molecular weight is 299 g/mol. The third kappa shape index (κ3) is 8.27. The average Bonchev–Trinajstić information content (AvgIpc) is 2.36. The van der Waals surface area contributed by atoms with Crippen LogP contribution in [0, 0.1) is 0 Å². The fourth-order valence-electron chi connectivity index (χ4n) is 2.60. The van der Waals surface area contributed by atoms with E-state index < -0.39 is 5.60 Å². The van der Waals surface area contributed by atoms with Crippen molar-refractivity contribution in [3.63, 3.8) is 0 Å². The molecule has 21 heavy (non-hydrogen) atoms. The van der Waals surface area contributed by atoms with Crippen LogP contribution in [0.1, 0.15) is 53.4 Å². The summed E-state index contributed by atoms with van der Waals surface area (Å²) in [7, 11) is 2.13. The molecule has 1 aliphatic rings. The number of rotatable bonds is 6. The lowest BCUT2D eigenvalue weighted by atomic mass is 9.91. The third-order valence-corrected chi connectivity index (χ3v) is 3.86. The molecule has 5 nitrogen and oxygen atoms in total. The Bertz CT molecular complexity index is 315. The van der Waals surface area contributed by atoms with Crippen LogP contribution < -0.4 is 10.6 Å². The van der Waals surface area contributed by atoms with Gasteiger partial charge in [0.05, 0.1) is 0 Å². The second-order valence-corrected chi connectivity index (χ2v) is 7.06. The number of amides is 1. The van der Waals surface area contributed by atoms with Crippen molar-refractivity contribution in [1.82, 2.24) is 15.5 Å². The van der Waals surface area contributed by atoms with Crippen LogP contribution in [0.3, 0.4) is 0 Å². The van der Waals surface area contributed by atoms with E-state index >= 15 is 0 Å². The maximum Gasteiger partial charge on any atom is 0.407 e. The number of likely N-dealkylation sites (N-methyl/N-ethyl adjacent to an activating group) is 1. The van der Waals surface area contributed by atoms with E-state index in [-0.39, 0.29) is 12.1 Å². The Morgan fingerprint density at radius 3 is 2.57 bits per heavy atom. The molecule has 1 amide bonds. The van der Waals surface area contributed by atoms with E-state index in [9.17, 15) is 4.79 Å². The third-order valence-electron chi connectivity index (χ3n) is 3.86. The van der Waals surface area contributed by atoms with Gasteiger partial charge in [-0.3, -0.25) is 0 Å². The van der Waals surface area contributed by atoms with Crippen molar-refractivity contribution in [2.45, 2.75) is 71.1 Å². The summed E-state index contributed by atoms with van der Waals surface area (Å²) in [6.07, 6.45) is 4.10. The predicted molar refractivity (Wildman–Crippen MR) is 86.6 cm³/mol. The van der Waals surface area contributed by atoms with Gasteiger partial charge in [-0.05, 0) is 60.0 Å². The Labute approximate surface area is 129 Å². The molecule has 1 fully saturated rings. The van der Waals surface area contributed by atoms with Gasteiger partial charge in [0.15, 0.2) is 0 Å². The first kappa shape index (κ1) is 18.2. The molecule has 1 saturated carbocycles. The molecule has 2 unspecified atom stereocenters. The minimum absolute atomic E-state index is 0.231. The van der Waals surface area contributed by atoms with E-state index in [4.69, 9.17) is 4.74 Å². The molecule has 5 heteroatoms. The Kier molecular flexibility index (Phi) is 7.46. The Hall–Kier alpha value is -0.810. The highest BCUT2D eigenvalue weighted by Crippen LogP contribution is 2.19. The number of hydrogen-bond acceptors (Lipinski definition) is 4. The topological polar surface area (TPSA) is 53.6 Å². The number of carbonyl (C=O) groups is 1. The molecule has 0 saturated heterocycles. The highest BCUT2D eigenvalue weighted by Gasteiger charge is 2.25. The second-order valence-electron chi connectivity index (χ2n) is 7.06. The normalized spacial score (nSPS) is 23.1. The lowest BCUT2D eigenvalue weighted by molar-refractivity contribution is 0.0488. The molecule has 124 valence electrons. The number of ether oxygens (including phenoxy) is 1. The first-order valence-electron chi connectivity index (χ1n) is 8.21. The zero-order chi connectivity index (χ0) is 15.9. The van der Waals surface area contributed by atoms with Gasteiger partial charge in [0.2, 0.25) is 0 Å². The molecule has 0 spiro atoms. The monoisotopic (exact) mass is 299 g/mol. The summed E-state index contributed by atoms with van der Waals surface area (Å²) < 4.78 is 5.33. The van der Waals surface area contributed by atoms with Crippen molar-refractivity contribution in [3.8, 4) is 0 Å². The number of carbonyl (C=O) groups excluding carboxylic acids is 1. The summed E-state index contributed by atoms with van der Waals surface area (Å²) in [6.45, 7) is 11.0. The van der Waals surface area contributed by atoms with Crippen LogP contribution >= 0.6 is 0 Å². The highest BCUT2D eigenvalue weighted by atomic mass is 16.6. The van der Waals surface area contributed by atoms with Gasteiger partial charge >= 0.3 is 6.09 Å². The molecule has 1 rings (SSSR count). The van der Waals surface area contributed by atoms with Crippen LogP contribution in [0.25, 0.3) is 0 Å². The largest absolute Gasteiger partial charge is 0.444 e. The summed E-state index contributed by atoms with van der Waals surface area (Å²) in [5, 5.41) is 6.61. The molecule has 0 aromatic heterocycles. The molecule has 0 aromatic carbocycles. The van der Waals surface area contributed by atoms with E-state index in [1.54, 1.807) is 0 Å². The molecule has 0 radical (unpaired) electrons. The molecule has 2 atom stereocenters. The van der Waals surface area contributed by atoms with Crippen LogP contribution in [0.5, 0.6) is 0 Å². The Balaban J connectivity index is 2.27. The summed E-state index contributed by atoms with van der Waals surface area (Å²) in [6, 6.07) is 0.735. The van der Waals surface area contributed by atoms with Crippen LogP contribution in [-0.2, 0) is 4.74 Å². The SMILES string of the molecule is CCN(C)CCNC1CCCC(NC(=O)OC(C)(C)C)C1. The summed E-state index contributed by atoms with van der Waals surface area (Å²) in [5.41, 5.74) is -0.429. The second kappa shape index (κ2) is 8.59. The standard InChI is InChI=1S/C16H33N3O2/c1-6-19(5)11-10-17-13-8-7-9-14(12-13)18-15(20)21-16(2,3)4/h13-14,17H,6-12H2,1-5H3,(H,18,20). The minimum atomic E-state index is -0.429. The maximum atomic E-state index is 11.8. The molecule has 0 bridgehead atoms. The first-order valence-corrected chi connectivity index (χ1v) is 8.21. The van der Waals surface area contributed by atoms with Gasteiger partial charge in [-0.15, -0.1) is 0 Å². The fourth-order valence-corrected chi connectivity index (χ4v) is 2.60. The number of nitrogens with one attached hydrogen (secondary N) is 2. The molecule has 1 aliphatic carbocycles. The molecule has 0 aliphatic heterocycles. The van der Waals surface area contributed by atoms with E-state index in [1.807, 2.05) is 20.8 Å². The highest BCUT2D eigenvalue weighted by molar-refractivity contribution is 5.68. The Morgan fingerprint density at radius 2 is 1.95 bits per heavy atom. The van der Waals surface area contributed by atoms with Gasteiger partial charge < -0.3 is 20.3 Å². The first-order chi connectivity index (χ1) is 9.80. The predicted octanol–water partition coefficient (Wildman–Crippen LogP) is 2.36. The van der Waals surface area contributed by atoms with Gasteiger partial charge in [0.1, 0.15) is 5.60 Å². The smallest absolute Gasteiger partial charge is 0.407 e. The molecule has 0 heterocycles. The van der Waals surface area contributed by atoms with Crippen molar-refractivity contribution in [2.24, 2.45) is 0 Å². The van der Waals surface area contributed by atoms with Crippen LogP contribution in [0.15, 0.2) is 0 Å². The molecular weight excluding hydrogens is 266 g/mol.